The lowest BCUT2D eigenvalue weighted by Gasteiger charge is -2.33. The molecule has 1 aromatic carbocycles. The van der Waals surface area contributed by atoms with Gasteiger partial charge in [0.05, 0.1) is 12.0 Å². The second-order valence-electron chi connectivity index (χ2n) is 7.12. The van der Waals surface area contributed by atoms with Gasteiger partial charge in [-0.1, -0.05) is 6.42 Å². The van der Waals surface area contributed by atoms with Crippen LogP contribution in [0.2, 0.25) is 0 Å². The van der Waals surface area contributed by atoms with Gasteiger partial charge in [-0.05, 0) is 31.2 Å². The number of piperidine rings is 1. The predicted molar refractivity (Wildman–Crippen MR) is 88.0 cm³/mol. The van der Waals surface area contributed by atoms with Crippen LogP contribution < -0.4 is 9.64 Å². The van der Waals surface area contributed by atoms with Gasteiger partial charge < -0.3 is 9.64 Å². The summed E-state index contributed by atoms with van der Waals surface area (Å²) in [6.45, 7) is 3.75. The van der Waals surface area contributed by atoms with Gasteiger partial charge in [-0.3, -0.25) is 15.0 Å². The minimum Gasteiger partial charge on any atom is -0.497 e. The molecule has 3 heterocycles. The molecular formula is C17H22FN3O3. The van der Waals surface area contributed by atoms with E-state index in [1.54, 1.807) is 6.07 Å². The lowest BCUT2D eigenvalue weighted by Crippen LogP contribution is -2.40. The first kappa shape index (κ1) is 15.6. The highest BCUT2D eigenvalue weighted by atomic mass is 19.1. The highest BCUT2D eigenvalue weighted by Gasteiger charge is 2.48. The number of anilines is 1. The largest absolute Gasteiger partial charge is 0.497 e. The van der Waals surface area contributed by atoms with Crippen LogP contribution in [0.5, 0.6) is 5.75 Å². The third-order valence-corrected chi connectivity index (χ3v) is 5.89. The molecule has 0 spiro atoms. The Hall–Kier alpha value is -1.89. The summed E-state index contributed by atoms with van der Waals surface area (Å²) in [5.41, 5.74) is -0.0788. The summed E-state index contributed by atoms with van der Waals surface area (Å²) in [5, 5.41) is 11.4. The molecule has 3 unspecified atom stereocenters. The second kappa shape index (κ2) is 5.88. The van der Waals surface area contributed by atoms with Gasteiger partial charge in [0.15, 0.2) is 0 Å². The van der Waals surface area contributed by atoms with Crippen molar-refractivity contribution in [3.63, 3.8) is 0 Å². The number of fused-ring (bicyclic) bond motifs is 3. The summed E-state index contributed by atoms with van der Waals surface area (Å²) in [7, 11) is 1.45. The van der Waals surface area contributed by atoms with E-state index in [4.69, 9.17) is 4.74 Å². The number of ether oxygens (including phenoxy) is 1. The number of benzene rings is 1. The lowest BCUT2D eigenvalue weighted by atomic mass is 9.90. The van der Waals surface area contributed by atoms with Crippen LogP contribution in [0.25, 0.3) is 0 Å². The second-order valence-corrected chi connectivity index (χ2v) is 7.12. The Kier molecular flexibility index (Phi) is 3.83. The van der Waals surface area contributed by atoms with Crippen molar-refractivity contribution in [1.82, 2.24) is 4.90 Å². The van der Waals surface area contributed by atoms with Crippen LogP contribution >= 0.6 is 0 Å². The van der Waals surface area contributed by atoms with E-state index in [0.29, 0.717) is 29.3 Å². The number of nitro groups is 1. The quantitative estimate of drug-likeness (QED) is 0.628. The number of methoxy groups -OCH3 is 1. The van der Waals surface area contributed by atoms with Crippen molar-refractivity contribution in [1.29, 1.82) is 0 Å². The average molecular weight is 335 g/mol. The number of hydrogen-bond donors (Lipinski definition) is 0. The molecule has 6 nitrogen and oxygen atoms in total. The monoisotopic (exact) mass is 335 g/mol. The van der Waals surface area contributed by atoms with Crippen molar-refractivity contribution >= 4 is 11.4 Å². The highest BCUT2D eigenvalue weighted by Crippen LogP contribution is 2.44. The van der Waals surface area contributed by atoms with Gasteiger partial charge in [0.25, 0.3) is 0 Å². The molecule has 3 aliphatic rings. The minimum absolute atomic E-state index is 0.324. The molecule has 7 heteroatoms. The van der Waals surface area contributed by atoms with E-state index >= 15 is 0 Å². The van der Waals surface area contributed by atoms with E-state index in [0.717, 1.165) is 25.7 Å². The fourth-order valence-electron chi connectivity index (χ4n) is 4.85. The van der Waals surface area contributed by atoms with Gasteiger partial charge >= 0.3 is 5.69 Å². The molecule has 24 heavy (non-hydrogen) atoms. The molecule has 0 aromatic heterocycles. The standard InChI is InChI=1S/C17H22FN3O3/c1-24-12-6-14(18)17(21(22)23)16(7-12)20-9-11-8-19-5-3-2-4-15(19)13(11)10-20/h6-7,11,13,15H,2-5,8-10H2,1H3. The van der Waals surface area contributed by atoms with Crippen molar-refractivity contribution in [3.05, 3.63) is 28.1 Å². The number of halogens is 1. The maximum absolute atomic E-state index is 14.2. The van der Waals surface area contributed by atoms with Crippen molar-refractivity contribution < 1.29 is 14.1 Å². The van der Waals surface area contributed by atoms with Crippen LogP contribution in [-0.4, -0.2) is 49.2 Å². The number of nitro benzene ring substituents is 1. The van der Waals surface area contributed by atoms with Gasteiger partial charge in [-0.15, -0.1) is 0 Å². The van der Waals surface area contributed by atoms with Crippen LogP contribution in [0.15, 0.2) is 12.1 Å². The summed E-state index contributed by atoms with van der Waals surface area (Å²) in [5.74, 6) is 0.538. The topological polar surface area (TPSA) is 58.9 Å². The number of nitrogens with zero attached hydrogens (tertiary/aromatic N) is 3. The zero-order valence-corrected chi connectivity index (χ0v) is 13.8. The average Bonchev–Trinajstić information content (AvgIpc) is 3.11. The fraction of sp³-hybridized carbons (Fsp3) is 0.647. The molecule has 0 aliphatic carbocycles. The Morgan fingerprint density at radius 2 is 2.12 bits per heavy atom. The zero-order valence-electron chi connectivity index (χ0n) is 13.8. The maximum atomic E-state index is 14.2. The summed E-state index contributed by atoms with van der Waals surface area (Å²) < 4.78 is 19.3. The van der Waals surface area contributed by atoms with E-state index in [9.17, 15) is 14.5 Å². The van der Waals surface area contributed by atoms with Crippen molar-refractivity contribution in [3.8, 4) is 5.75 Å². The lowest BCUT2D eigenvalue weighted by molar-refractivity contribution is -0.386. The highest BCUT2D eigenvalue weighted by molar-refractivity contribution is 5.67. The molecule has 1 aromatic rings. The van der Waals surface area contributed by atoms with E-state index < -0.39 is 16.4 Å². The van der Waals surface area contributed by atoms with Crippen molar-refractivity contribution in [2.24, 2.45) is 11.8 Å². The molecule has 3 atom stereocenters. The Morgan fingerprint density at radius 3 is 2.88 bits per heavy atom. The maximum Gasteiger partial charge on any atom is 0.328 e. The summed E-state index contributed by atoms with van der Waals surface area (Å²) in [6.07, 6.45) is 3.74. The summed E-state index contributed by atoms with van der Waals surface area (Å²) in [6, 6.07) is 3.27. The summed E-state index contributed by atoms with van der Waals surface area (Å²) in [4.78, 5) is 15.3. The first-order valence-corrected chi connectivity index (χ1v) is 8.59. The van der Waals surface area contributed by atoms with Crippen LogP contribution in [0.4, 0.5) is 15.8 Å². The molecular weight excluding hydrogens is 313 g/mol. The number of rotatable bonds is 3. The molecule has 0 bridgehead atoms. The Labute approximate surface area is 140 Å². The zero-order chi connectivity index (χ0) is 16.8. The van der Waals surface area contributed by atoms with Gasteiger partial charge in [-0.25, -0.2) is 0 Å². The molecule has 3 aliphatic heterocycles. The number of hydrogen-bond acceptors (Lipinski definition) is 5. The van der Waals surface area contributed by atoms with Gasteiger partial charge in [0.2, 0.25) is 5.82 Å². The molecule has 0 amide bonds. The van der Waals surface area contributed by atoms with E-state index in [-0.39, 0.29) is 0 Å². The van der Waals surface area contributed by atoms with Crippen LogP contribution in [-0.2, 0) is 0 Å². The van der Waals surface area contributed by atoms with Crippen LogP contribution in [0.1, 0.15) is 19.3 Å². The van der Waals surface area contributed by atoms with Crippen molar-refractivity contribution in [2.45, 2.75) is 25.3 Å². The molecule has 0 N–H and O–H groups in total. The van der Waals surface area contributed by atoms with E-state index in [1.165, 1.54) is 32.9 Å². The van der Waals surface area contributed by atoms with Gasteiger partial charge in [-0.2, -0.15) is 4.39 Å². The first-order valence-electron chi connectivity index (χ1n) is 8.59. The molecule has 130 valence electrons. The normalized spacial score (nSPS) is 29.4. The third kappa shape index (κ3) is 2.42. The molecule has 3 saturated heterocycles. The summed E-state index contributed by atoms with van der Waals surface area (Å²) >= 11 is 0. The SMILES string of the molecule is COc1cc(F)c([N+](=O)[O-])c(N2CC3CN4CCCCC4C3C2)c1. The van der Waals surface area contributed by atoms with E-state index in [2.05, 4.69) is 4.90 Å². The Morgan fingerprint density at radius 1 is 1.29 bits per heavy atom. The predicted octanol–water partition coefficient (Wildman–Crippen LogP) is 2.66. The molecule has 0 saturated carbocycles. The third-order valence-electron chi connectivity index (χ3n) is 5.89. The van der Waals surface area contributed by atoms with E-state index in [1.807, 2.05) is 4.90 Å². The molecule has 0 radical (unpaired) electrons. The Bertz CT molecular complexity index is 669. The van der Waals surface area contributed by atoms with Crippen LogP contribution in [0, 0.1) is 27.8 Å². The van der Waals surface area contributed by atoms with Gasteiger partial charge in [0, 0.05) is 37.8 Å². The molecule has 3 fully saturated rings. The Balaban J connectivity index is 1.64. The smallest absolute Gasteiger partial charge is 0.328 e. The fourth-order valence-corrected chi connectivity index (χ4v) is 4.85. The van der Waals surface area contributed by atoms with Crippen LogP contribution in [0.3, 0.4) is 0 Å². The first-order chi connectivity index (χ1) is 11.6. The van der Waals surface area contributed by atoms with Gasteiger partial charge in [0.1, 0.15) is 11.4 Å². The molecule has 4 rings (SSSR count). The van der Waals surface area contributed by atoms with Crippen molar-refractivity contribution in [2.75, 3.05) is 38.2 Å². The minimum atomic E-state index is -0.828.